The normalized spacial score (nSPS) is 11.1. The number of nitrogens with one attached hydrogen (secondary N) is 1. The smallest absolute Gasteiger partial charge is 0.253 e. The van der Waals surface area contributed by atoms with Gasteiger partial charge in [0.15, 0.2) is 0 Å². The highest BCUT2D eigenvalue weighted by Crippen LogP contribution is 2.09. The SMILES string of the molecule is Cc1ncc(N)cc1C(=O)NCCCN(C)C(C)C. The Morgan fingerprint density at radius 2 is 2.21 bits per heavy atom. The van der Waals surface area contributed by atoms with Gasteiger partial charge in [-0.15, -0.1) is 0 Å². The van der Waals surface area contributed by atoms with E-state index in [9.17, 15) is 4.79 Å². The number of aromatic nitrogens is 1. The summed E-state index contributed by atoms with van der Waals surface area (Å²) in [5.74, 6) is -0.107. The molecule has 5 nitrogen and oxygen atoms in total. The monoisotopic (exact) mass is 264 g/mol. The molecule has 1 rings (SSSR count). The number of aryl methyl sites for hydroxylation is 1. The van der Waals surface area contributed by atoms with Crippen LogP contribution in [0, 0.1) is 6.92 Å². The lowest BCUT2D eigenvalue weighted by molar-refractivity contribution is 0.0950. The first-order valence-corrected chi connectivity index (χ1v) is 6.62. The summed E-state index contributed by atoms with van der Waals surface area (Å²) in [6, 6.07) is 2.19. The van der Waals surface area contributed by atoms with E-state index in [-0.39, 0.29) is 5.91 Å². The summed E-state index contributed by atoms with van der Waals surface area (Å²) >= 11 is 0. The number of nitrogens with zero attached hydrogens (tertiary/aromatic N) is 2. The third-order valence-electron chi connectivity index (χ3n) is 3.21. The number of rotatable bonds is 6. The quantitative estimate of drug-likeness (QED) is 0.763. The lowest BCUT2D eigenvalue weighted by atomic mass is 10.2. The highest BCUT2D eigenvalue weighted by Gasteiger charge is 2.10. The molecule has 5 heteroatoms. The molecule has 1 heterocycles. The first-order chi connectivity index (χ1) is 8.91. The molecular formula is C14H24N4O. The fourth-order valence-electron chi connectivity index (χ4n) is 1.66. The van der Waals surface area contributed by atoms with Crippen LogP contribution in [0.5, 0.6) is 0 Å². The van der Waals surface area contributed by atoms with Gasteiger partial charge in [-0.1, -0.05) is 0 Å². The second kappa shape index (κ2) is 7.09. The van der Waals surface area contributed by atoms with Gasteiger partial charge < -0.3 is 16.0 Å². The molecule has 1 aromatic heterocycles. The maximum atomic E-state index is 12.0. The Morgan fingerprint density at radius 1 is 1.53 bits per heavy atom. The molecule has 0 saturated carbocycles. The summed E-state index contributed by atoms with van der Waals surface area (Å²) in [6.07, 6.45) is 2.49. The first kappa shape index (κ1) is 15.4. The molecule has 0 aliphatic carbocycles. The van der Waals surface area contributed by atoms with Gasteiger partial charge in [-0.05, 0) is 46.9 Å². The van der Waals surface area contributed by atoms with Gasteiger partial charge in [0.2, 0.25) is 0 Å². The zero-order chi connectivity index (χ0) is 14.4. The third-order valence-corrected chi connectivity index (χ3v) is 3.21. The highest BCUT2D eigenvalue weighted by atomic mass is 16.1. The van der Waals surface area contributed by atoms with Crippen LogP contribution in [0.15, 0.2) is 12.3 Å². The number of carbonyl (C=O) groups excluding carboxylic acids is 1. The Labute approximate surface area is 115 Å². The number of anilines is 1. The molecule has 0 aliphatic rings. The Hall–Kier alpha value is -1.62. The van der Waals surface area contributed by atoms with E-state index in [4.69, 9.17) is 5.73 Å². The van der Waals surface area contributed by atoms with Crippen molar-refractivity contribution in [2.75, 3.05) is 25.9 Å². The topological polar surface area (TPSA) is 71.2 Å². The van der Waals surface area contributed by atoms with Crippen LogP contribution in [0.4, 0.5) is 5.69 Å². The summed E-state index contributed by atoms with van der Waals surface area (Å²) in [7, 11) is 2.08. The molecule has 1 amide bonds. The summed E-state index contributed by atoms with van der Waals surface area (Å²) < 4.78 is 0. The van der Waals surface area contributed by atoms with Crippen LogP contribution in [-0.2, 0) is 0 Å². The van der Waals surface area contributed by atoms with E-state index in [2.05, 4.69) is 36.1 Å². The van der Waals surface area contributed by atoms with E-state index >= 15 is 0 Å². The Bertz CT molecular complexity index is 431. The molecule has 0 aromatic carbocycles. The molecule has 1 aromatic rings. The molecular weight excluding hydrogens is 240 g/mol. The molecule has 106 valence electrons. The minimum absolute atomic E-state index is 0.107. The number of hydrogen-bond donors (Lipinski definition) is 2. The summed E-state index contributed by atoms with van der Waals surface area (Å²) in [5.41, 5.74) is 7.41. The molecule has 0 bridgehead atoms. The van der Waals surface area contributed by atoms with E-state index < -0.39 is 0 Å². The second-order valence-corrected chi connectivity index (χ2v) is 5.09. The van der Waals surface area contributed by atoms with Crippen molar-refractivity contribution in [3.05, 3.63) is 23.5 Å². The van der Waals surface area contributed by atoms with Gasteiger partial charge in [0.25, 0.3) is 5.91 Å². The van der Waals surface area contributed by atoms with Gasteiger partial charge in [0.1, 0.15) is 0 Å². The zero-order valence-electron chi connectivity index (χ0n) is 12.2. The van der Waals surface area contributed by atoms with Crippen LogP contribution in [0.3, 0.4) is 0 Å². The lowest BCUT2D eigenvalue weighted by Gasteiger charge is -2.20. The average Bonchev–Trinajstić information content (AvgIpc) is 2.36. The standard InChI is InChI=1S/C14H24N4O/c1-10(2)18(4)7-5-6-16-14(19)13-8-12(15)9-17-11(13)3/h8-10H,5-7,15H2,1-4H3,(H,16,19). The van der Waals surface area contributed by atoms with Crippen LogP contribution in [0.25, 0.3) is 0 Å². The van der Waals surface area contributed by atoms with Gasteiger partial charge in [-0.25, -0.2) is 0 Å². The van der Waals surface area contributed by atoms with Crippen molar-refractivity contribution < 1.29 is 4.79 Å². The van der Waals surface area contributed by atoms with E-state index in [1.165, 1.54) is 0 Å². The van der Waals surface area contributed by atoms with E-state index in [1.54, 1.807) is 19.2 Å². The Morgan fingerprint density at radius 3 is 2.84 bits per heavy atom. The Kier molecular flexibility index (Phi) is 5.76. The molecule has 3 N–H and O–H groups in total. The maximum Gasteiger partial charge on any atom is 0.253 e. The molecule has 0 radical (unpaired) electrons. The van der Waals surface area contributed by atoms with Crippen molar-refractivity contribution >= 4 is 11.6 Å². The highest BCUT2D eigenvalue weighted by molar-refractivity contribution is 5.95. The predicted octanol–water partition coefficient (Wildman–Crippen LogP) is 1.43. The van der Waals surface area contributed by atoms with Crippen molar-refractivity contribution in [3.63, 3.8) is 0 Å². The van der Waals surface area contributed by atoms with Crippen LogP contribution in [-0.4, -0.2) is 42.0 Å². The van der Waals surface area contributed by atoms with Crippen LogP contribution in [0.2, 0.25) is 0 Å². The molecule has 0 atom stereocenters. The van der Waals surface area contributed by atoms with Crippen molar-refractivity contribution in [2.24, 2.45) is 0 Å². The largest absolute Gasteiger partial charge is 0.397 e. The van der Waals surface area contributed by atoms with Crippen LogP contribution < -0.4 is 11.1 Å². The molecule has 0 saturated heterocycles. The van der Waals surface area contributed by atoms with Crippen LogP contribution >= 0.6 is 0 Å². The number of nitrogens with two attached hydrogens (primary N) is 1. The minimum atomic E-state index is -0.107. The fraction of sp³-hybridized carbons (Fsp3) is 0.571. The number of nitrogen functional groups attached to an aromatic ring is 1. The zero-order valence-corrected chi connectivity index (χ0v) is 12.2. The third kappa shape index (κ3) is 4.87. The average molecular weight is 264 g/mol. The van der Waals surface area contributed by atoms with E-state index in [0.717, 1.165) is 13.0 Å². The van der Waals surface area contributed by atoms with Gasteiger partial charge in [-0.3, -0.25) is 9.78 Å². The first-order valence-electron chi connectivity index (χ1n) is 6.62. The molecule has 0 unspecified atom stereocenters. The number of amides is 1. The number of hydrogen-bond acceptors (Lipinski definition) is 4. The molecule has 19 heavy (non-hydrogen) atoms. The minimum Gasteiger partial charge on any atom is -0.397 e. The molecule has 0 spiro atoms. The van der Waals surface area contributed by atoms with Gasteiger partial charge >= 0.3 is 0 Å². The van der Waals surface area contributed by atoms with Gasteiger partial charge in [-0.2, -0.15) is 0 Å². The lowest BCUT2D eigenvalue weighted by Crippen LogP contribution is -2.31. The van der Waals surface area contributed by atoms with Gasteiger partial charge in [0.05, 0.1) is 23.1 Å². The molecule has 0 fully saturated rings. The predicted molar refractivity (Wildman–Crippen MR) is 78.1 cm³/mol. The van der Waals surface area contributed by atoms with Crippen LogP contribution in [0.1, 0.15) is 36.3 Å². The summed E-state index contributed by atoms with van der Waals surface area (Å²) in [4.78, 5) is 18.3. The van der Waals surface area contributed by atoms with Crippen molar-refractivity contribution in [1.29, 1.82) is 0 Å². The van der Waals surface area contributed by atoms with E-state index in [1.807, 2.05) is 0 Å². The molecule has 0 aliphatic heterocycles. The summed E-state index contributed by atoms with van der Waals surface area (Å²) in [5, 5.41) is 2.90. The maximum absolute atomic E-state index is 12.0. The Balaban J connectivity index is 2.41. The van der Waals surface area contributed by atoms with Crippen molar-refractivity contribution in [1.82, 2.24) is 15.2 Å². The fourth-order valence-corrected chi connectivity index (χ4v) is 1.66. The number of carbonyl (C=O) groups is 1. The second-order valence-electron chi connectivity index (χ2n) is 5.09. The van der Waals surface area contributed by atoms with Gasteiger partial charge in [0, 0.05) is 12.6 Å². The van der Waals surface area contributed by atoms with Crippen molar-refractivity contribution in [2.45, 2.75) is 33.2 Å². The van der Waals surface area contributed by atoms with E-state index in [0.29, 0.717) is 29.5 Å². The summed E-state index contributed by atoms with van der Waals surface area (Å²) in [6.45, 7) is 7.73. The van der Waals surface area contributed by atoms with Crippen molar-refractivity contribution in [3.8, 4) is 0 Å². The number of pyridine rings is 1.